The second-order valence-corrected chi connectivity index (χ2v) is 10.7. The second kappa shape index (κ2) is 10.7. The number of nitrogens with one attached hydrogen (secondary N) is 1. The summed E-state index contributed by atoms with van der Waals surface area (Å²) in [5, 5.41) is 0.685. The number of aromatic amines is 1. The normalized spacial score (nSPS) is 13.0. The van der Waals surface area contributed by atoms with Gasteiger partial charge in [-0.15, -0.1) is 0 Å². The van der Waals surface area contributed by atoms with Crippen LogP contribution in [0.3, 0.4) is 0 Å². The van der Waals surface area contributed by atoms with Gasteiger partial charge in [0.2, 0.25) is 10.0 Å². The maximum absolute atomic E-state index is 13.9. The Morgan fingerprint density at radius 1 is 0.947 bits per heavy atom. The number of hydrogen-bond acceptors (Lipinski definition) is 7. The van der Waals surface area contributed by atoms with E-state index >= 15 is 0 Å². The number of H-pyrrole nitrogens is 1. The first kappa shape index (κ1) is 25.5. The highest BCUT2D eigenvalue weighted by Crippen LogP contribution is 2.34. The first-order valence-electron chi connectivity index (χ1n) is 12.1. The molecule has 0 atom stereocenters. The minimum atomic E-state index is -4.12. The van der Waals surface area contributed by atoms with Gasteiger partial charge in [0, 0.05) is 30.1 Å². The van der Waals surface area contributed by atoms with E-state index in [4.69, 9.17) is 14.2 Å². The molecule has 2 heterocycles. The van der Waals surface area contributed by atoms with Gasteiger partial charge in [0.15, 0.2) is 11.5 Å². The first-order chi connectivity index (χ1) is 18.3. The molecule has 0 saturated heterocycles. The molecule has 10 heteroatoms. The maximum Gasteiger partial charge on any atom is 0.338 e. The molecule has 3 aromatic carbocycles. The van der Waals surface area contributed by atoms with Crippen molar-refractivity contribution in [3.05, 3.63) is 99.8 Å². The molecule has 0 unspecified atom stereocenters. The predicted molar refractivity (Wildman–Crippen MR) is 141 cm³/mol. The van der Waals surface area contributed by atoms with Crippen molar-refractivity contribution in [3.8, 4) is 11.5 Å². The number of esters is 1. The summed E-state index contributed by atoms with van der Waals surface area (Å²) in [4.78, 5) is 28.1. The van der Waals surface area contributed by atoms with Crippen molar-refractivity contribution in [2.45, 2.75) is 24.9 Å². The van der Waals surface area contributed by atoms with Crippen LogP contribution in [0.15, 0.2) is 82.5 Å². The zero-order valence-corrected chi connectivity index (χ0v) is 21.5. The average molecular weight is 535 g/mol. The van der Waals surface area contributed by atoms with Crippen LogP contribution in [0, 0.1) is 0 Å². The molecule has 0 radical (unpaired) electrons. The Morgan fingerprint density at radius 3 is 2.42 bits per heavy atom. The van der Waals surface area contributed by atoms with Crippen LogP contribution in [0.2, 0.25) is 0 Å². The van der Waals surface area contributed by atoms with Gasteiger partial charge >= 0.3 is 5.97 Å². The van der Waals surface area contributed by atoms with Crippen molar-refractivity contribution in [1.29, 1.82) is 0 Å². The molecule has 0 aliphatic carbocycles. The highest BCUT2D eigenvalue weighted by Gasteiger charge is 2.27. The van der Waals surface area contributed by atoms with Crippen molar-refractivity contribution < 1.29 is 27.4 Å². The number of nitrogens with zero attached hydrogens (tertiary/aromatic N) is 1. The molecular weight excluding hydrogens is 508 g/mol. The Balaban J connectivity index is 1.55. The molecule has 1 N–H and O–H groups in total. The van der Waals surface area contributed by atoms with Crippen LogP contribution in [0.25, 0.3) is 10.9 Å². The molecule has 0 amide bonds. The number of benzene rings is 3. The van der Waals surface area contributed by atoms with Gasteiger partial charge in [-0.3, -0.25) is 4.79 Å². The zero-order valence-electron chi connectivity index (χ0n) is 20.7. The van der Waals surface area contributed by atoms with Gasteiger partial charge in [0.05, 0.1) is 22.6 Å². The van der Waals surface area contributed by atoms with E-state index in [1.165, 1.54) is 28.6 Å². The van der Waals surface area contributed by atoms with Gasteiger partial charge in [-0.25, -0.2) is 13.2 Å². The minimum absolute atomic E-state index is 0.0193. The lowest BCUT2D eigenvalue weighted by atomic mass is 10.1. The summed E-state index contributed by atoms with van der Waals surface area (Å²) in [6.07, 6.45) is 0. The predicted octanol–water partition coefficient (Wildman–Crippen LogP) is 3.87. The first-order valence-corrected chi connectivity index (χ1v) is 13.6. The van der Waals surface area contributed by atoms with E-state index in [2.05, 4.69) is 4.98 Å². The molecule has 5 rings (SSSR count). The number of carbonyl (C=O) groups excluding carboxylic acids is 1. The second-order valence-electron chi connectivity index (χ2n) is 8.71. The summed E-state index contributed by atoms with van der Waals surface area (Å²) >= 11 is 0. The molecule has 1 aliphatic rings. The molecule has 1 aliphatic heterocycles. The third-order valence-corrected chi connectivity index (χ3v) is 7.90. The van der Waals surface area contributed by atoms with E-state index in [0.29, 0.717) is 35.6 Å². The molecule has 38 heavy (non-hydrogen) atoms. The summed E-state index contributed by atoms with van der Waals surface area (Å²) in [6, 6.07) is 19.9. The van der Waals surface area contributed by atoms with E-state index < -0.39 is 21.6 Å². The molecule has 0 saturated carbocycles. The summed E-state index contributed by atoms with van der Waals surface area (Å²) in [6.45, 7) is 2.51. The van der Waals surface area contributed by atoms with Crippen LogP contribution >= 0.6 is 0 Å². The van der Waals surface area contributed by atoms with Crippen LogP contribution in [0.5, 0.6) is 11.5 Å². The van der Waals surface area contributed by atoms with Crippen LogP contribution in [-0.2, 0) is 27.8 Å². The number of carbonyl (C=O) groups is 1. The molecule has 0 fully saturated rings. The van der Waals surface area contributed by atoms with Gasteiger partial charge in [-0.05, 0) is 42.8 Å². The lowest BCUT2D eigenvalue weighted by Gasteiger charge is -2.23. The van der Waals surface area contributed by atoms with E-state index in [-0.39, 0.29) is 35.7 Å². The number of aromatic nitrogens is 1. The summed E-state index contributed by atoms with van der Waals surface area (Å²) in [5.41, 5.74) is 1.28. The standard InChI is InChI=1S/C28H26N2O7S/c1-2-35-28(32)20-9-6-10-23(14-20)38(33,34)30(17-19-7-4-3-5-8-19)18-22-13-21-15-25-26(37-12-11-36-25)16-24(21)29-27(22)31/h3-10,13-16H,2,11-12,17-18H2,1H3,(H,29,31). The number of pyridine rings is 1. The van der Waals surface area contributed by atoms with Crippen LogP contribution in [-0.4, -0.2) is 43.5 Å². The monoisotopic (exact) mass is 534 g/mol. The lowest BCUT2D eigenvalue weighted by molar-refractivity contribution is 0.0526. The smallest absolute Gasteiger partial charge is 0.338 e. The molecular formula is C28H26N2O7S. The minimum Gasteiger partial charge on any atom is -0.486 e. The van der Waals surface area contributed by atoms with Crippen molar-refractivity contribution in [2.75, 3.05) is 19.8 Å². The van der Waals surface area contributed by atoms with Crippen molar-refractivity contribution in [2.24, 2.45) is 0 Å². The van der Waals surface area contributed by atoms with Crippen molar-refractivity contribution in [3.63, 3.8) is 0 Å². The average Bonchev–Trinajstić information content (AvgIpc) is 2.93. The molecule has 1 aromatic heterocycles. The fourth-order valence-electron chi connectivity index (χ4n) is 4.26. The number of sulfonamides is 1. The third kappa shape index (κ3) is 5.27. The van der Waals surface area contributed by atoms with Gasteiger partial charge < -0.3 is 19.2 Å². The lowest BCUT2D eigenvalue weighted by Crippen LogP contribution is -2.32. The third-order valence-electron chi connectivity index (χ3n) is 6.12. The molecule has 9 nitrogen and oxygen atoms in total. The number of fused-ring (bicyclic) bond motifs is 2. The van der Waals surface area contributed by atoms with E-state index in [1.54, 1.807) is 25.1 Å². The zero-order chi connectivity index (χ0) is 26.7. The largest absolute Gasteiger partial charge is 0.486 e. The summed E-state index contributed by atoms with van der Waals surface area (Å²) in [7, 11) is -4.12. The quantitative estimate of drug-likeness (QED) is 0.341. The molecule has 196 valence electrons. The Morgan fingerprint density at radius 2 is 1.68 bits per heavy atom. The van der Waals surface area contributed by atoms with Crippen LogP contribution in [0.1, 0.15) is 28.4 Å². The number of rotatable bonds is 8. The Kier molecular flexibility index (Phi) is 7.17. The molecule has 0 spiro atoms. The molecule has 4 aromatic rings. The Bertz CT molecular complexity index is 1650. The highest BCUT2D eigenvalue weighted by atomic mass is 32.2. The number of hydrogen-bond donors (Lipinski definition) is 1. The van der Waals surface area contributed by atoms with Gasteiger partial charge in [0.1, 0.15) is 13.2 Å². The highest BCUT2D eigenvalue weighted by molar-refractivity contribution is 7.89. The molecule has 0 bridgehead atoms. The van der Waals surface area contributed by atoms with Crippen LogP contribution in [0.4, 0.5) is 0 Å². The fourth-order valence-corrected chi connectivity index (χ4v) is 5.71. The number of ether oxygens (including phenoxy) is 3. The van der Waals surface area contributed by atoms with E-state index in [1.807, 2.05) is 30.3 Å². The van der Waals surface area contributed by atoms with Gasteiger partial charge in [0.25, 0.3) is 5.56 Å². The van der Waals surface area contributed by atoms with Crippen molar-refractivity contribution in [1.82, 2.24) is 9.29 Å². The fraction of sp³-hybridized carbons (Fsp3) is 0.214. The summed E-state index contributed by atoms with van der Waals surface area (Å²) < 4.78 is 45.2. The Labute approximate surface area is 219 Å². The summed E-state index contributed by atoms with van der Waals surface area (Å²) in [5.74, 6) is 0.493. The van der Waals surface area contributed by atoms with Gasteiger partial charge in [-0.2, -0.15) is 4.31 Å². The Hall–Kier alpha value is -4.15. The van der Waals surface area contributed by atoms with Crippen molar-refractivity contribution >= 4 is 26.9 Å². The maximum atomic E-state index is 13.9. The van der Waals surface area contributed by atoms with Crippen LogP contribution < -0.4 is 15.0 Å². The van der Waals surface area contributed by atoms with E-state index in [0.717, 1.165) is 5.56 Å². The SMILES string of the molecule is CCOC(=O)c1cccc(S(=O)(=O)N(Cc2ccccc2)Cc2cc3cc4c(cc3[nH]c2=O)OCCO4)c1. The van der Waals surface area contributed by atoms with Gasteiger partial charge in [-0.1, -0.05) is 36.4 Å². The van der Waals surface area contributed by atoms with E-state index in [9.17, 15) is 18.0 Å². The topological polar surface area (TPSA) is 115 Å².